The van der Waals surface area contributed by atoms with Gasteiger partial charge in [-0.2, -0.15) is 0 Å². The van der Waals surface area contributed by atoms with Crippen LogP contribution in [0, 0.1) is 0 Å². The number of hydrogen-bond acceptors (Lipinski definition) is 2. The van der Waals surface area contributed by atoms with E-state index in [9.17, 15) is 0 Å². The summed E-state index contributed by atoms with van der Waals surface area (Å²) in [6, 6.07) is 91.1. The smallest absolute Gasteiger partial charge is 0.0465 e. The SMILES string of the molecule is c1ccc(-c2ccc(N(c3ccc(-c4ccccc4)cc3)c3ccc(-c4ccc(N(c5ccc6c(c5)C5(CCCCC5)c5ccccc5-6)c5ccc6c(c5)C5(CCCCC5)c5ccccc5-6)cc4)cc3)cc2)cc1. The van der Waals surface area contributed by atoms with Crippen LogP contribution < -0.4 is 9.80 Å². The second-order valence-electron chi connectivity index (χ2n) is 21.4. The van der Waals surface area contributed by atoms with E-state index in [2.05, 4.69) is 252 Å². The van der Waals surface area contributed by atoms with Crippen LogP contribution in [0.15, 0.2) is 243 Å². The van der Waals surface area contributed by atoms with Crippen molar-refractivity contribution >= 4 is 34.1 Å². The van der Waals surface area contributed by atoms with E-state index in [0.29, 0.717) is 0 Å². The minimum Gasteiger partial charge on any atom is -0.311 e. The number of anilines is 6. The molecule has 0 bridgehead atoms. The number of nitrogens with zero attached hydrogens (tertiary/aromatic N) is 2. The summed E-state index contributed by atoms with van der Waals surface area (Å²) >= 11 is 0. The predicted molar refractivity (Wildman–Crippen MR) is 311 cm³/mol. The van der Waals surface area contributed by atoms with E-state index in [1.165, 1.54) is 159 Å². The van der Waals surface area contributed by atoms with Crippen LogP contribution in [0.3, 0.4) is 0 Å². The summed E-state index contributed by atoms with van der Waals surface area (Å²) in [7, 11) is 0. The summed E-state index contributed by atoms with van der Waals surface area (Å²) in [6.07, 6.45) is 12.6. The van der Waals surface area contributed by atoms with Crippen molar-refractivity contribution in [1.29, 1.82) is 0 Å². The minimum absolute atomic E-state index is 0.0699. The zero-order valence-corrected chi connectivity index (χ0v) is 42.1. The third-order valence-electron chi connectivity index (χ3n) is 17.5. The van der Waals surface area contributed by atoms with Crippen LogP contribution >= 0.6 is 0 Å². The Morgan fingerprint density at radius 2 is 0.486 bits per heavy atom. The summed E-state index contributed by atoms with van der Waals surface area (Å²) in [4.78, 5) is 4.93. The molecule has 2 fully saturated rings. The van der Waals surface area contributed by atoms with Gasteiger partial charge < -0.3 is 9.80 Å². The molecule has 10 aromatic rings. The highest BCUT2D eigenvalue weighted by Gasteiger charge is 2.45. The Hall–Kier alpha value is -8.20. The molecule has 0 aromatic heterocycles. The first kappa shape index (κ1) is 44.5. The number of fused-ring (bicyclic) bond motifs is 10. The number of hydrogen-bond donors (Lipinski definition) is 0. The normalized spacial score (nSPS) is 15.5. The minimum atomic E-state index is 0.0699. The predicted octanol–water partition coefficient (Wildman–Crippen LogP) is 20.1. The van der Waals surface area contributed by atoms with Gasteiger partial charge in [-0.15, -0.1) is 0 Å². The van der Waals surface area contributed by atoms with E-state index in [4.69, 9.17) is 0 Å². The lowest BCUT2D eigenvalue weighted by molar-refractivity contribution is 0.353. The van der Waals surface area contributed by atoms with Gasteiger partial charge in [0.15, 0.2) is 0 Å². The van der Waals surface area contributed by atoms with Crippen LogP contribution in [-0.4, -0.2) is 0 Å². The lowest BCUT2D eigenvalue weighted by Gasteiger charge is -2.37. The molecule has 4 aliphatic carbocycles. The molecule has 10 aromatic carbocycles. The van der Waals surface area contributed by atoms with Gasteiger partial charge in [-0.25, -0.2) is 0 Å². The summed E-state index contributed by atoms with van der Waals surface area (Å²) in [5.41, 5.74) is 26.2. The van der Waals surface area contributed by atoms with Crippen molar-refractivity contribution in [2.45, 2.75) is 75.0 Å². The van der Waals surface area contributed by atoms with Crippen molar-refractivity contribution in [1.82, 2.24) is 0 Å². The van der Waals surface area contributed by atoms with Crippen molar-refractivity contribution in [3.63, 3.8) is 0 Å². The quantitative estimate of drug-likeness (QED) is 0.142. The van der Waals surface area contributed by atoms with Crippen molar-refractivity contribution < 1.29 is 0 Å². The van der Waals surface area contributed by atoms with E-state index >= 15 is 0 Å². The van der Waals surface area contributed by atoms with Gasteiger partial charge >= 0.3 is 0 Å². The van der Waals surface area contributed by atoms with Gasteiger partial charge in [-0.05, 0) is 176 Å². The molecule has 4 aliphatic rings. The van der Waals surface area contributed by atoms with E-state index in [1.807, 2.05) is 0 Å². The molecular formula is C72H60N2. The van der Waals surface area contributed by atoms with Gasteiger partial charge in [0, 0.05) is 45.0 Å². The highest BCUT2D eigenvalue weighted by atomic mass is 15.1. The molecule has 14 rings (SSSR count). The molecule has 2 nitrogen and oxygen atoms in total. The van der Waals surface area contributed by atoms with Gasteiger partial charge in [-0.1, -0.05) is 208 Å². The Labute approximate surface area is 437 Å². The Bertz CT molecular complexity index is 3440. The fourth-order valence-corrected chi connectivity index (χ4v) is 13.9. The highest BCUT2D eigenvalue weighted by molar-refractivity contribution is 5.89. The Morgan fingerprint density at radius 3 is 0.838 bits per heavy atom. The van der Waals surface area contributed by atoms with Crippen LogP contribution in [0.25, 0.3) is 55.6 Å². The van der Waals surface area contributed by atoms with Gasteiger partial charge in [0.25, 0.3) is 0 Å². The molecule has 0 atom stereocenters. The molecule has 0 amide bonds. The standard InChI is InChI=1S/C72H60N2/c1-5-17-51(18-6-1)53-25-33-57(34-26-53)73(58-35-27-54(28-36-58)52-19-7-2-8-20-52)59-37-29-55(30-38-59)56-31-39-60(40-32-56)74(61-41-43-65-63-21-9-11-23-67(63)71(69(65)49-61)45-13-3-14-46-71)62-42-44-66-64-22-10-12-24-68(64)72(70(66)50-62)47-15-4-16-48-72/h1-2,5-12,17-44,49-50H,3-4,13-16,45-48H2. The summed E-state index contributed by atoms with van der Waals surface area (Å²) in [5, 5.41) is 0. The highest BCUT2D eigenvalue weighted by Crippen LogP contribution is 2.59. The first-order valence-electron chi connectivity index (χ1n) is 27.2. The fourth-order valence-electron chi connectivity index (χ4n) is 13.9. The van der Waals surface area contributed by atoms with Gasteiger partial charge in [0.1, 0.15) is 0 Å². The maximum Gasteiger partial charge on any atom is 0.0465 e. The van der Waals surface area contributed by atoms with Crippen LogP contribution in [-0.2, 0) is 10.8 Å². The van der Waals surface area contributed by atoms with E-state index in [0.717, 1.165) is 17.1 Å². The summed E-state index contributed by atoms with van der Waals surface area (Å²) < 4.78 is 0. The van der Waals surface area contributed by atoms with Crippen LogP contribution in [0.4, 0.5) is 34.1 Å². The molecule has 0 heterocycles. The summed E-state index contributed by atoms with van der Waals surface area (Å²) in [5.74, 6) is 0. The second-order valence-corrected chi connectivity index (χ2v) is 21.4. The van der Waals surface area contributed by atoms with Crippen LogP contribution in [0.1, 0.15) is 86.5 Å². The molecule has 0 aliphatic heterocycles. The first-order chi connectivity index (χ1) is 36.6. The van der Waals surface area contributed by atoms with Gasteiger partial charge in [-0.3, -0.25) is 0 Å². The number of rotatable bonds is 9. The lowest BCUT2D eigenvalue weighted by Crippen LogP contribution is -2.28. The largest absolute Gasteiger partial charge is 0.311 e. The van der Waals surface area contributed by atoms with Crippen LogP contribution in [0.5, 0.6) is 0 Å². The third kappa shape index (κ3) is 7.45. The Balaban J connectivity index is 0.839. The fraction of sp³-hybridized carbons (Fsp3) is 0.167. The molecule has 0 saturated heterocycles. The third-order valence-corrected chi connectivity index (χ3v) is 17.5. The summed E-state index contributed by atoms with van der Waals surface area (Å²) in [6.45, 7) is 0. The second kappa shape index (κ2) is 18.4. The molecule has 0 radical (unpaired) electrons. The van der Waals surface area contributed by atoms with Crippen molar-refractivity contribution in [3.8, 4) is 55.6 Å². The molecule has 0 unspecified atom stereocenters. The molecule has 2 heteroatoms. The van der Waals surface area contributed by atoms with Crippen LogP contribution in [0.2, 0.25) is 0 Å². The van der Waals surface area contributed by atoms with E-state index in [1.54, 1.807) is 0 Å². The average molecular weight is 953 g/mol. The average Bonchev–Trinajstić information content (AvgIpc) is 3.92. The Morgan fingerprint density at radius 1 is 0.216 bits per heavy atom. The molecule has 74 heavy (non-hydrogen) atoms. The topological polar surface area (TPSA) is 6.48 Å². The maximum absolute atomic E-state index is 2.59. The van der Waals surface area contributed by atoms with E-state index < -0.39 is 0 Å². The van der Waals surface area contributed by atoms with Crippen molar-refractivity contribution in [2.75, 3.05) is 9.80 Å². The first-order valence-corrected chi connectivity index (χ1v) is 27.2. The Kier molecular flexibility index (Phi) is 11.1. The molecule has 2 spiro atoms. The maximum atomic E-state index is 2.59. The molecule has 358 valence electrons. The number of benzene rings is 10. The zero-order chi connectivity index (χ0) is 49.1. The van der Waals surface area contributed by atoms with Crippen molar-refractivity contribution in [3.05, 3.63) is 265 Å². The van der Waals surface area contributed by atoms with E-state index in [-0.39, 0.29) is 10.8 Å². The molecule has 0 N–H and O–H groups in total. The lowest BCUT2D eigenvalue weighted by atomic mass is 9.67. The van der Waals surface area contributed by atoms with Gasteiger partial charge in [0.05, 0.1) is 0 Å². The van der Waals surface area contributed by atoms with Gasteiger partial charge in [0.2, 0.25) is 0 Å². The monoisotopic (exact) mass is 952 g/mol. The molecular weight excluding hydrogens is 893 g/mol. The molecule has 2 saturated carbocycles. The van der Waals surface area contributed by atoms with Crippen molar-refractivity contribution in [2.24, 2.45) is 0 Å². The zero-order valence-electron chi connectivity index (χ0n) is 42.1.